The van der Waals surface area contributed by atoms with Crippen LogP contribution in [0, 0.1) is 20.8 Å². The Morgan fingerprint density at radius 3 is 2.33 bits per heavy atom. The first kappa shape index (κ1) is 15.3. The van der Waals surface area contributed by atoms with Crippen LogP contribution in [0.1, 0.15) is 36.1 Å². The van der Waals surface area contributed by atoms with Crippen molar-refractivity contribution in [2.75, 3.05) is 19.7 Å². The third-order valence-electron chi connectivity index (χ3n) is 3.61. The molecule has 0 bridgehead atoms. The second kappa shape index (κ2) is 5.94. The zero-order valence-corrected chi connectivity index (χ0v) is 13.0. The molecular formula is C15H24ClNO. The van der Waals surface area contributed by atoms with E-state index in [1.807, 2.05) is 0 Å². The predicted molar refractivity (Wildman–Crippen MR) is 79.0 cm³/mol. The molecule has 102 valence electrons. The van der Waals surface area contributed by atoms with Gasteiger partial charge in [0.05, 0.1) is 13.1 Å². The fourth-order valence-electron chi connectivity index (χ4n) is 2.75. The SMILES string of the molecule is COc1cc(C)c(C(C)(C)CNCCl)c(C)c1C. The third kappa shape index (κ3) is 2.99. The molecule has 0 saturated heterocycles. The molecule has 0 radical (unpaired) electrons. The maximum atomic E-state index is 5.72. The summed E-state index contributed by atoms with van der Waals surface area (Å²) in [5, 5.41) is 3.22. The number of benzene rings is 1. The highest BCUT2D eigenvalue weighted by atomic mass is 35.5. The Hall–Kier alpha value is -0.730. The number of hydrogen-bond donors (Lipinski definition) is 1. The van der Waals surface area contributed by atoms with Gasteiger partial charge in [-0.25, -0.2) is 0 Å². The van der Waals surface area contributed by atoms with Gasteiger partial charge in [-0.05, 0) is 49.1 Å². The largest absolute Gasteiger partial charge is 0.496 e. The van der Waals surface area contributed by atoms with Crippen LogP contribution in [-0.4, -0.2) is 19.7 Å². The minimum atomic E-state index is 0.0556. The second-order valence-electron chi connectivity index (χ2n) is 5.47. The quantitative estimate of drug-likeness (QED) is 0.650. The summed E-state index contributed by atoms with van der Waals surface area (Å²) in [6.45, 7) is 11.8. The lowest BCUT2D eigenvalue weighted by Crippen LogP contribution is -2.34. The van der Waals surface area contributed by atoms with Gasteiger partial charge in [0.2, 0.25) is 0 Å². The van der Waals surface area contributed by atoms with E-state index >= 15 is 0 Å². The Balaban J connectivity index is 3.28. The van der Waals surface area contributed by atoms with Crippen molar-refractivity contribution in [3.8, 4) is 5.75 Å². The molecule has 0 fully saturated rings. The molecule has 0 heterocycles. The summed E-state index contributed by atoms with van der Waals surface area (Å²) in [5.41, 5.74) is 5.25. The molecule has 3 heteroatoms. The highest BCUT2D eigenvalue weighted by Gasteiger charge is 2.25. The summed E-state index contributed by atoms with van der Waals surface area (Å²) in [6, 6.07) is 2.61. The Morgan fingerprint density at radius 2 is 1.83 bits per heavy atom. The molecule has 1 aromatic rings. The van der Waals surface area contributed by atoms with E-state index in [9.17, 15) is 0 Å². The fourth-order valence-corrected chi connectivity index (χ4v) is 2.84. The van der Waals surface area contributed by atoms with Crippen molar-refractivity contribution in [2.24, 2.45) is 0 Å². The molecule has 2 nitrogen and oxygen atoms in total. The molecule has 1 N–H and O–H groups in total. The van der Waals surface area contributed by atoms with Crippen LogP contribution in [-0.2, 0) is 5.41 Å². The van der Waals surface area contributed by atoms with Crippen LogP contribution in [0.25, 0.3) is 0 Å². The highest BCUT2D eigenvalue weighted by molar-refractivity contribution is 6.17. The Bertz CT molecular complexity index is 427. The molecule has 0 aliphatic heterocycles. The van der Waals surface area contributed by atoms with E-state index in [2.05, 4.69) is 46.0 Å². The van der Waals surface area contributed by atoms with Crippen LogP contribution in [0.5, 0.6) is 5.75 Å². The minimum absolute atomic E-state index is 0.0556. The van der Waals surface area contributed by atoms with E-state index < -0.39 is 0 Å². The van der Waals surface area contributed by atoms with Crippen LogP contribution in [0.3, 0.4) is 0 Å². The molecule has 1 rings (SSSR count). The van der Waals surface area contributed by atoms with E-state index in [-0.39, 0.29) is 5.41 Å². The van der Waals surface area contributed by atoms with Crippen molar-refractivity contribution in [1.82, 2.24) is 5.32 Å². The van der Waals surface area contributed by atoms with Crippen LogP contribution >= 0.6 is 11.6 Å². The van der Waals surface area contributed by atoms with E-state index in [1.54, 1.807) is 7.11 Å². The zero-order chi connectivity index (χ0) is 13.9. The molecule has 0 saturated carbocycles. The van der Waals surface area contributed by atoms with Crippen molar-refractivity contribution in [3.05, 3.63) is 28.3 Å². The molecule has 18 heavy (non-hydrogen) atoms. The zero-order valence-electron chi connectivity index (χ0n) is 12.3. The maximum absolute atomic E-state index is 5.72. The van der Waals surface area contributed by atoms with Gasteiger partial charge in [0.1, 0.15) is 5.75 Å². The number of nitrogens with one attached hydrogen (secondary N) is 1. The summed E-state index contributed by atoms with van der Waals surface area (Å²) < 4.78 is 5.42. The van der Waals surface area contributed by atoms with Gasteiger partial charge in [-0.15, -0.1) is 11.6 Å². The van der Waals surface area contributed by atoms with Gasteiger partial charge in [-0.1, -0.05) is 13.8 Å². The normalized spacial score (nSPS) is 11.7. The van der Waals surface area contributed by atoms with Gasteiger partial charge in [-0.2, -0.15) is 0 Å². The molecular weight excluding hydrogens is 246 g/mol. The fraction of sp³-hybridized carbons (Fsp3) is 0.600. The van der Waals surface area contributed by atoms with Gasteiger partial charge in [0, 0.05) is 12.0 Å². The lowest BCUT2D eigenvalue weighted by atomic mass is 9.78. The summed E-state index contributed by atoms with van der Waals surface area (Å²) in [6.07, 6.45) is 0. The summed E-state index contributed by atoms with van der Waals surface area (Å²) >= 11 is 5.72. The molecule has 0 unspecified atom stereocenters. The van der Waals surface area contributed by atoms with Crippen LogP contribution < -0.4 is 10.1 Å². The standard InChI is InChI=1S/C15H24ClNO/c1-10-7-13(18-6)11(2)12(3)14(10)15(4,5)8-17-9-16/h7,17H,8-9H2,1-6H3. The molecule has 1 aromatic carbocycles. The van der Waals surface area contributed by atoms with Gasteiger partial charge < -0.3 is 10.1 Å². The number of aryl methyl sites for hydroxylation is 1. The van der Waals surface area contributed by atoms with E-state index in [0.29, 0.717) is 6.00 Å². The summed E-state index contributed by atoms with van der Waals surface area (Å²) in [7, 11) is 1.72. The second-order valence-corrected chi connectivity index (χ2v) is 5.73. The Labute approximate surface area is 116 Å². The van der Waals surface area contributed by atoms with Crippen molar-refractivity contribution < 1.29 is 4.74 Å². The Morgan fingerprint density at radius 1 is 1.22 bits per heavy atom. The predicted octanol–water partition coefficient (Wildman–Crippen LogP) is 3.68. The molecule has 0 aliphatic carbocycles. The van der Waals surface area contributed by atoms with Crippen LogP contribution in [0.2, 0.25) is 0 Å². The molecule has 0 spiro atoms. The molecule has 0 atom stereocenters. The number of methoxy groups -OCH3 is 1. The monoisotopic (exact) mass is 269 g/mol. The van der Waals surface area contributed by atoms with E-state index in [0.717, 1.165) is 12.3 Å². The molecule has 0 amide bonds. The van der Waals surface area contributed by atoms with E-state index in [4.69, 9.17) is 16.3 Å². The number of ether oxygens (including phenoxy) is 1. The van der Waals surface area contributed by atoms with E-state index in [1.165, 1.54) is 22.3 Å². The topological polar surface area (TPSA) is 21.3 Å². The summed E-state index contributed by atoms with van der Waals surface area (Å²) in [4.78, 5) is 0. The van der Waals surface area contributed by atoms with Crippen LogP contribution in [0.15, 0.2) is 6.07 Å². The maximum Gasteiger partial charge on any atom is 0.122 e. The number of halogens is 1. The summed E-state index contributed by atoms with van der Waals surface area (Å²) in [5.74, 6) is 0.967. The first-order valence-corrected chi connectivity index (χ1v) is 6.80. The average molecular weight is 270 g/mol. The van der Waals surface area contributed by atoms with Gasteiger partial charge in [-0.3, -0.25) is 0 Å². The van der Waals surface area contributed by atoms with Crippen molar-refractivity contribution in [1.29, 1.82) is 0 Å². The lowest BCUT2D eigenvalue weighted by Gasteiger charge is -2.30. The smallest absolute Gasteiger partial charge is 0.122 e. The van der Waals surface area contributed by atoms with Gasteiger partial charge in [0.25, 0.3) is 0 Å². The van der Waals surface area contributed by atoms with Crippen molar-refractivity contribution in [3.63, 3.8) is 0 Å². The van der Waals surface area contributed by atoms with Crippen LogP contribution in [0.4, 0.5) is 0 Å². The lowest BCUT2D eigenvalue weighted by molar-refractivity contribution is 0.409. The van der Waals surface area contributed by atoms with Gasteiger partial charge in [0.15, 0.2) is 0 Å². The number of rotatable bonds is 5. The van der Waals surface area contributed by atoms with Crippen molar-refractivity contribution >= 4 is 11.6 Å². The third-order valence-corrected chi connectivity index (χ3v) is 3.80. The minimum Gasteiger partial charge on any atom is -0.496 e. The number of hydrogen-bond acceptors (Lipinski definition) is 2. The first-order chi connectivity index (χ1) is 8.35. The Kier molecular flexibility index (Phi) is 5.06. The van der Waals surface area contributed by atoms with Gasteiger partial charge >= 0.3 is 0 Å². The van der Waals surface area contributed by atoms with Crippen molar-refractivity contribution in [2.45, 2.75) is 40.0 Å². The highest BCUT2D eigenvalue weighted by Crippen LogP contribution is 2.35. The average Bonchev–Trinajstić information content (AvgIpc) is 2.31. The molecule has 0 aliphatic rings. The molecule has 0 aromatic heterocycles. The first-order valence-electron chi connectivity index (χ1n) is 6.27. The number of alkyl halides is 1.